The zero-order valence-corrected chi connectivity index (χ0v) is 15.4. The van der Waals surface area contributed by atoms with E-state index in [0.717, 1.165) is 17.0 Å². The van der Waals surface area contributed by atoms with Gasteiger partial charge in [0.25, 0.3) is 0 Å². The Morgan fingerprint density at radius 2 is 1.73 bits per heavy atom. The Morgan fingerprint density at radius 1 is 1.00 bits per heavy atom. The second kappa shape index (κ2) is 9.65. The molecule has 26 heavy (non-hydrogen) atoms. The maximum Gasteiger partial charge on any atom is 0.240 e. The van der Waals surface area contributed by atoms with Crippen molar-refractivity contribution in [2.45, 2.75) is 16.2 Å². The molecule has 0 fully saturated rings. The average Bonchev–Trinajstić information content (AvgIpc) is 2.62. The van der Waals surface area contributed by atoms with E-state index in [1.165, 1.54) is 0 Å². The Hall–Kier alpha value is -1.97. The molecular weight excluding hydrogens is 382 g/mol. The van der Waals surface area contributed by atoms with Gasteiger partial charge in [0.15, 0.2) is 11.6 Å². The van der Waals surface area contributed by atoms with E-state index < -0.39 is 26.6 Å². The van der Waals surface area contributed by atoms with Crippen LogP contribution in [0.25, 0.3) is 0 Å². The molecule has 9 heteroatoms. The summed E-state index contributed by atoms with van der Waals surface area (Å²) in [4.78, 5) is 12.4. The maximum atomic E-state index is 13.1. The summed E-state index contributed by atoms with van der Waals surface area (Å²) >= 11 is 1.60. The molecule has 0 saturated carbocycles. The number of sulfonamides is 1. The highest BCUT2D eigenvalue weighted by Crippen LogP contribution is 2.16. The highest BCUT2D eigenvalue weighted by atomic mass is 32.2. The molecular formula is C17H18F2N2O3S2. The van der Waals surface area contributed by atoms with Crippen molar-refractivity contribution < 1.29 is 22.0 Å². The van der Waals surface area contributed by atoms with E-state index in [-0.39, 0.29) is 18.9 Å². The molecule has 2 aromatic rings. The Kier molecular flexibility index (Phi) is 7.55. The van der Waals surface area contributed by atoms with Crippen molar-refractivity contribution in [2.24, 2.45) is 0 Å². The molecule has 0 aromatic heterocycles. The highest BCUT2D eigenvalue weighted by Gasteiger charge is 2.16. The number of hydrogen-bond donors (Lipinski definition) is 2. The third kappa shape index (κ3) is 6.40. The number of carbonyl (C=O) groups is 1. The summed E-state index contributed by atoms with van der Waals surface area (Å²) in [5.74, 6) is -1.99. The Labute approximate surface area is 155 Å². The smallest absolute Gasteiger partial charge is 0.240 e. The van der Waals surface area contributed by atoms with Crippen molar-refractivity contribution in [1.29, 1.82) is 0 Å². The molecule has 0 atom stereocenters. The quantitative estimate of drug-likeness (QED) is 0.501. The van der Waals surface area contributed by atoms with Crippen LogP contribution in [-0.4, -0.2) is 33.2 Å². The minimum Gasteiger partial charge on any atom is -0.355 e. The van der Waals surface area contributed by atoms with Gasteiger partial charge in [-0.25, -0.2) is 21.9 Å². The van der Waals surface area contributed by atoms with Crippen LogP contribution in [0.2, 0.25) is 0 Å². The van der Waals surface area contributed by atoms with E-state index in [0.29, 0.717) is 18.4 Å². The van der Waals surface area contributed by atoms with Gasteiger partial charge in [-0.3, -0.25) is 4.79 Å². The summed E-state index contributed by atoms with van der Waals surface area (Å²) in [6, 6.07) is 12.0. The van der Waals surface area contributed by atoms with Crippen LogP contribution in [0.3, 0.4) is 0 Å². The molecule has 140 valence electrons. The minimum atomic E-state index is -4.00. The lowest BCUT2D eigenvalue weighted by Gasteiger charge is -2.08. The third-order valence-corrected chi connectivity index (χ3v) is 5.75. The van der Waals surface area contributed by atoms with Crippen LogP contribution in [0.5, 0.6) is 0 Å². The molecule has 0 saturated heterocycles. The van der Waals surface area contributed by atoms with E-state index in [9.17, 15) is 22.0 Å². The lowest BCUT2D eigenvalue weighted by molar-refractivity contribution is -0.120. The minimum absolute atomic E-state index is 0.0566. The molecule has 0 aliphatic carbocycles. The molecule has 5 nitrogen and oxygen atoms in total. The van der Waals surface area contributed by atoms with Gasteiger partial charge in [0, 0.05) is 30.2 Å². The topological polar surface area (TPSA) is 75.3 Å². The first-order valence-electron chi connectivity index (χ1n) is 7.78. The molecule has 0 aliphatic rings. The van der Waals surface area contributed by atoms with Gasteiger partial charge in [-0.1, -0.05) is 18.2 Å². The summed E-state index contributed by atoms with van der Waals surface area (Å²) in [6.07, 6.45) is -0.0566. The zero-order valence-electron chi connectivity index (χ0n) is 13.7. The van der Waals surface area contributed by atoms with Crippen LogP contribution in [0, 0.1) is 11.6 Å². The molecule has 0 radical (unpaired) electrons. The number of hydrogen-bond acceptors (Lipinski definition) is 4. The van der Waals surface area contributed by atoms with Gasteiger partial charge in [0.05, 0.1) is 4.90 Å². The summed E-state index contributed by atoms with van der Waals surface area (Å²) in [6.45, 7) is 0.313. The molecule has 0 unspecified atom stereocenters. The van der Waals surface area contributed by atoms with Gasteiger partial charge in [0.2, 0.25) is 15.9 Å². The monoisotopic (exact) mass is 400 g/mol. The summed E-state index contributed by atoms with van der Waals surface area (Å²) in [7, 11) is -4.00. The SMILES string of the molecule is O=C(CCNS(=O)(=O)c1ccc(F)c(F)c1)NCCSc1ccccc1. The van der Waals surface area contributed by atoms with Crippen molar-refractivity contribution in [3.05, 3.63) is 60.2 Å². The number of rotatable bonds is 9. The Bertz CT molecular complexity index is 846. The summed E-state index contributed by atoms with van der Waals surface area (Å²) in [5, 5.41) is 2.69. The molecule has 0 bridgehead atoms. The highest BCUT2D eigenvalue weighted by molar-refractivity contribution is 7.99. The van der Waals surface area contributed by atoms with Crippen molar-refractivity contribution in [3.8, 4) is 0 Å². The summed E-state index contributed by atoms with van der Waals surface area (Å²) < 4.78 is 52.1. The van der Waals surface area contributed by atoms with Gasteiger partial charge < -0.3 is 5.32 Å². The third-order valence-electron chi connectivity index (χ3n) is 3.28. The van der Waals surface area contributed by atoms with E-state index in [1.54, 1.807) is 11.8 Å². The number of benzene rings is 2. The molecule has 2 aromatic carbocycles. The van der Waals surface area contributed by atoms with Crippen LogP contribution in [0.4, 0.5) is 8.78 Å². The van der Waals surface area contributed by atoms with Gasteiger partial charge in [0.1, 0.15) is 0 Å². The predicted octanol–water partition coefficient (Wildman–Crippen LogP) is 2.54. The normalized spacial score (nSPS) is 11.3. The fourth-order valence-corrected chi connectivity index (χ4v) is 3.82. The van der Waals surface area contributed by atoms with Gasteiger partial charge in [-0.15, -0.1) is 11.8 Å². The van der Waals surface area contributed by atoms with Crippen molar-refractivity contribution in [3.63, 3.8) is 0 Å². The Morgan fingerprint density at radius 3 is 2.42 bits per heavy atom. The number of carbonyl (C=O) groups excluding carboxylic acids is 1. The molecule has 0 spiro atoms. The first-order valence-corrected chi connectivity index (χ1v) is 10.2. The molecule has 0 aliphatic heterocycles. The zero-order chi connectivity index (χ0) is 19.0. The molecule has 2 N–H and O–H groups in total. The first-order chi connectivity index (χ1) is 12.4. The molecule has 2 rings (SSSR count). The Balaban J connectivity index is 1.69. The second-order valence-electron chi connectivity index (χ2n) is 5.24. The van der Waals surface area contributed by atoms with Crippen LogP contribution in [0.1, 0.15) is 6.42 Å². The summed E-state index contributed by atoms with van der Waals surface area (Å²) in [5.41, 5.74) is 0. The van der Waals surface area contributed by atoms with Crippen LogP contribution in [-0.2, 0) is 14.8 Å². The number of amides is 1. The second-order valence-corrected chi connectivity index (χ2v) is 8.17. The van der Waals surface area contributed by atoms with E-state index >= 15 is 0 Å². The van der Waals surface area contributed by atoms with Crippen molar-refractivity contribution >= 4 is 27.7 Å². The van der Waals surface area contributed by atoms with Gasteiger partial charge >= 0.3 is 0 Å². The van der Waals surface area contributed by atoms with E-state index in [2.05, 4.69) is 10.0 Å². The lowest BCUT2D eigenvalue weighted by Crippen LogP contribution is -2.31. The van der Waals surface area contributed by atoms with Gasteiger partial charge in [-0.05, 0) is 30.3 Å². The standard InChI is InChI=1S/C17H18F2N2O3S2/c18-15-7-6-14(12-16(15)19)26(23,24)21-9-8-17(22)20-10-11-25-13-4-2-1-3-5-13/h1-7,12,21H,8-11H2,(H,20,22). The van der Waals surface area contributed by atoms with Crippen LogP contribution < -0.4 is 10.0 Å². The number of halogens is 2. The molecule has 1 amide bonds. The first kappa shape index (κ1) is 20.3. The van der Waals surface area contributed by atoms with E-state index in [4.69, 9.17) is 0 Å². The van der Waals surface area contributed by atoms with Gasteiger partial charge in [-0.2, -0.15) is 0 Å². The van der Waals surface area contributed by atoms with Crippen LogP contribution >= 0.6 is 11.8 Å². The lowest BCUT2D eigenvalue weighted by atomic mass is 10.3. The fourth-order valence-electron chi connectivity index (χ4n) is 1.99. The fraction of sp³-hybridized carbons (Fsp3) is 0.235. The number of thioether (sulfide) groups is 1. The van der Waals surface area contributed by atoms with Crippen molar-refractivity contribution in [2.75, 3.05) is 18.8 Å². The maximum absolute atomic E-state index is 13.1. The van der Waals surface area contributed by atoms with Crippen molar-refractivity contribution in [1.82, 2.24) is 10.0 Å². The number of nitrogens with one attached hydrogen (secondary N) is 2. The van der Waals surface area contributed by atoms with Crippen LogP contribution in [0.15, 0.2) is 58.3 Å². The predicted molar refractivity (Wildman–Crippen MR) is 96.3 cm³/mol. The van der Waals surface area contributed by atoms with E-state index in [1.807, 2.05) is 30.3 Å². The molecule has 0 heterocycles. The average molecular weight is 400 g/mol. The largest absolute Gasteiger partial charge is 0.355 e.